The molecule has 2 aromatic carbocycles. The Bertz CT molecular complexity index is 1500. The molecule has 1 saturated heterocycles. The van der Waals surface area contributed by atoms with Crippen LogP contribution < -0.4 is 10.6 Å². The molecule has 1 amide bonds. The highest BCUT2D eigenvalue weighted by Crippen LogP contribution is 2.41. The average molecular weight is 542 g/mol. The number of aromatic nitrogens is 2. The molecular weight excluding hydrogens is 509 g/mol. The summed E-state index contributed by atoms with van der Waals surface area (Å²) < 4.78 is 15.5. The second-order valence-electron chi connectivity index (χ2n) is 10.1. The summed E-state index contributed by atoms with van der Waals surface area (Å²) in [5, 5.41) is 6.91. The van der Waals surface area contributed by atoms with Gasteiger partial charge in [-0.05, 0) is 111 Å². The number of anilines is 1. The van der Waals surface area contributed by atoms with E-state index in [-0.39, 0.29) is 30.2 Å². The zero-order valence-corrected chi connectivity index (χ0v) is 23.3. The molecule has 3 heterocycles. The van der Waals surface area contributed by atoms with Gasteiger partial charge in [0.25, 0.3) is 0 Å². The van der Waals surface area contributed by atoms with Gasteiger partial charge in [0.2, 0.25) is 5.91 Å². The molecule has 39 heavy (non-hydrogen) atoms. The van der Waals surface area contributed by atoms with Crippen LogP contribution in [-0.2, 0) is 4.79 Å². The Kier molecular flexibility index (Phi) is 7.48. The predicted molar refractivity (Wildman–Crippen MR) is 157 cm³/mol. The Balaban J connectivity index is 1.48. The van der Waals surface area contributed by atoms with E-state index in [1.807, 2.05) is 18.2 Å². The highest BCUT2D eigenvalue weighted by molar-refractivity contribution is 7.80. The van der Waals surface area contributed by atoms with Crippen molar-refractivity contribution < 1.29 is 9.18 Å². The van der Waals surface area contributed by atoms with Crippen LogP contribution in [0.1, 0.15) is 52.3 Å². The van der Waals surface area contributed by atoms with E-state index < -0.39 is 0 Å². The number of aryl methyl sites for hydroxylation is 3. The average Bonchev–Trinajstić information content (AvgIpc) is 3.38. The van der Waals surface area contributed by atoms with Crippen LogP contribution in [-0.4, -0.2) is 32.0 Å². The molecule has 200 valence electrons. The van der Waals surface area contributed by atoms with Crippen LogP contribution >= 0.6 is 12.2 Å². The molecule has 0 aliphatic carbocycles. The van der Waals surface area contributed by atoms with Crippen molar-refractivity contribution in [2.45, 2.75) is 46.2 Å². The molecule has 2 aromatic heterocycles. The second-order valence-corrected chi connectivity index (χ2v) is 10.5. The molecule has 2 N–H and O–H groups in total. The number of pyridine rings is 1. The summed E-state index contributed by atoms with van der Waals surface area (Å²) in [5.41, 5.74) is 8.37. The normalized spacial score (nSPS) is 16.8. The molecule has 0 saturated carbocycles. The maximum atomic E-state index is 13.3. The number of nitrogens with zero attached hydrogens (tertiary/aromatic N) is 3. The molecule has 1 aliphatic rings. The van der Waals surface area contributed by atoms with Crippen LogP contribution in [0.5, 0.6) is 0 Å². The predicted octanol–water partition coefficient (Wildman–Crippen LogP) is 6.25. The van der Waals surface area contributed by atoms with Crippen LogP contribution in [0.15, 0.2) is 72.9 Å². The topological polar surface area (TPSA) is 62.2 Å². The molecular formula is C31H32FN5OS. The number of benzene rings is 2. The Morgan fingerprint density at radius 1 is 1.03 bits per heavy atom. The number of nitrogens with one attached hydrogen (secondary N) is 2. The summed E-state index contributed by atoms with van der Waals surface area (Å²) in [6, 6.07) is 20.1. The van der Waals surface area contributed by atoms with Crippen molar-refractivity contribution in [1.29, 1.82) is 0 Å². The third-order valence-corrected chi connectivity index (χ3v) is 7.51. The van der Waals surface area contributed by atoms with Gasteiger partial charge in [0.15, 0.2) is 5.11 Å². The maximum Gasteiger partial charge on any atom is 0.226 e. The van der Waals surface area contributed by atoms with Crippen molar-refractivity contribution >= 4 is 28.9 Å². The first-order valence-corrected chi connectivity index (χ1v) is 13.4. The molecule has 5 rings (SSSR count). The summed E-state index contributed by atoms with van der Waals surface area (Å²) in [7, 11) is 0. The summed E-state index contributed by atoms with van der Waals surface area (Å²) >= 11 is 5.81. The van der Waals surface area contributed by atoms with E-state index in [4.69, 9.17) is 12.2 Å². The Labute approximate surface area is 233 Å². The van der Waals surface area contributed by atoms with E-state index in [9.17, 15) is 9.18 Å². The third-order valence-electron chi connectivity index (χ3n) is 7.16. The highest BCUT2D eigenvalue weighted by atomic mass is 32.1. The Hall–Kier alpha value is -4.04. The van der Waals surface area contributed by atoms with Gasteiger partial charge in [0.1, 0.15) is 5.82 Å². The first-order valence-electron chi connectivity index (χ1n) is 13.0. The molecule has 2 atom stereocenters. The van der Waals surface area contributed by atoms with Gasteiger partial charge in [-0.3, -0.25) is 9.78 Å². The van der Waals surface area contributed by atoms with Crippen LogP contribution in [0.2, 0.25) is 0 Å². The van der Waals surface area contributed by atoms with Crippen LogP contribution in [0.25, 0.3) is 5.69 Å². The number of hydrogen-bond acceptors (Lipinski definition) is 3. The van der Waals surface area contributed by atoms with Crippen molar-refractivity contribution in [3.63, 3.8) is 0 Å². The number of amides is 1. The zero-order chi connectivity index (χ0) is 27.7. The summed E-state index contributed by atoms with van der Waals surface area (Å²) in [4.78, 5) is 19.5. The second kappa shape index (κ2) is 11.0. The first-order chi connectivity index (χ1) is 18.7. The lowest BCUT2D eigenvalue weighted by Gasteiger charge is -2.28. The van der Waals surface area contributed by atoms with E-state index in [0.717, 1.165) is 28.3 Å². The lowest BCUT2D eigenvalue weighted by atomic mass is 9.96. The van der Waals surface area contributed by atoms with Crippen molar-refractivity contribution in [1.82, 2.24) is 19.8 Å². The fourth-order valence-electron chi connectivity index (χ4n) is 5.53. The Morgan fingerprint density at radius 2 is 1.74 bits per heavy atom. The lowest BCUT2D eigenvalue weighted by Crippen LogP contribution is -2.32. The fraction of sp³-hybridized carbons (Fsp3) is 0.258. The molecule has 8 heteroatoms. The molecule has 2 unspecified atom stereocenters. The quantitative estimate of drug-likeness (QED) is 0.271. The summed E-state index contributed by atoms with van der Waals surface area (Å²) in [5.74, 6) is -0.506. The van der Waals surface area contributed by atoms with Crippen LogP contribution in [0, 0.1) is 33.5 Å². The van der Waals surface area contributed by atoms with Gasteiger partial charge in [-0.25, -0.2) is 4.39 Å². The van der Waals surface area contributed by atoms with E-state index in [2.05, 4.69) is 77.0 Å². The van der Waals surface area contributed by atoms with Gasteiger partial charge in [-0.15, -0.1) is 0 Å². The van der Waals surface area contributed by atoms with E-state index in [1.54, 1.807) is 18.3 Å². The number of thiocarbonyl (C=S) groups is 1. The molecule has 1 aliphatic heterocycles. The van der Waals surface area contributed by atoms with Crippen molar-refractivity contribution in [3.05, 3.63) is 113 Å². The lowest BCUT2D eigenvalue weighted by molar-refractivity contribution is -0.116. The minimum absolute atomic E-state index is 0.156. The maximum absolute atomic E-state index is 13.3. The summed E-state index contributed by atoms with van der Waals surface area (Å²) in [6.07, 6.45) is 2.01. The van der Waals surface area contributed by atoms with Crippen LogP contribution in [0.4, 0.5) is 10.1 Å². The highest BCUT2D eigenvalue weighted by Gasteiger charge is 2.41. The largest absolute Gasteiger partial charge is 0.352 e. The smallest absolute Gasteiger partial charge is 0.226 e. The van der Waals surface area contributed by atoms with Gasteiger partial charge < -0.3 is 20.1 Å². The molecule has 4 aromatic rings. The number of halogens is 1. The molecule has 0 spiro atoms. The summed E-state index contributed by atoms with van der Waals surface area (Å²) in [6.45, 7) is 8.89. The molecule has 6 nitrogen and oxygen atoms in total. The van der Waals surface area contributed by atoms with Crippen molar-refractivity contribution in [2.24, 2.45) is 0 Å². The fourth-order valence-corrected chi connectivity index (χ4v) is 5.86. The van der Waals surface area contributed by atoms with Crippen molar-refractivity contribution in [3.8, 4) is 5.69 Å². The van der Waals surface area contributed by atoms with Crippen LogP contribution in [0.3, 0.4) is 0 Å². The third kappa shape index (κ3) is 5.56. The van der Waals surface area contributed by atoms with Gasteiger partial charge in [-0.1, -0.05) is 12.1 Å². The minimum Gasteiger partial charge on any atom is -0.352 e. The van der Waals surface area contributed by atoms with Crippen molar-refractivity contribution in [2.75, 3.05) is 11.9 Å². The van der Waals surface area contributed by atoms with Gasteiger partial charge in [0.05, 0.1) is 17.8 Å². The molecule has 1 fully saturated rings. The molecule has 0 bridgehead atoms. The SMILES string of the molecule is Cc1cc(C)cc(-n2c(C)cc(C3C(c4ccccn4)NC(=S)N3CCC(=O)Nc3ccc(F)cc3)c2C)c1. The number of hydrogen-bond donors (Lipinski definition) is 2. The van der Waals surface area contributed by atoms with Gasteiger partial charge >= 0.3 is 0 Å². The van der Waals surface area contributed by atoms with E-state index in [1.165, 1.54) is 23.3 Å². The first kappa shape index (κ1) is 26.6. The standard InChI is InChI=1S/C31H32FN5OS/c1-19-15-20(2)17-25(16-19)37-21(3)18-26(22(37)4)30-29(27-7-5-6-13-33-27)35-31(39)36(30)14-12-28(38)34-24-10-8-23(32)9-11-24/h5-11,13,15-18,29-30H,12,14H2,1-4H3,(H,34,38)(H,35,39). The van der Waals surface area contributed by atoms with Gasteiger partial charge in [-0.2, -0.15) is 0 Å². The number of carbonyl (C=O) groups excluding carboxylic acids is 1. The molecule has 0 radical (unpaired) electrons. The minimum atomic E-state index is -0.344. The number of carbonyl (C=O) groups is 1. The monoisotopic (exact) mass is 541 g/mol. The van der Waals surface area contributed by atoms with E-state index >= 15 is 0 Å². The van der Waals surface area contributed by atoms with E-state index in [0.29, 0.717) is 17.3 Å². The Morgan fingerprint density at radius 3 is 2.41 bits per heavy atom. The zero-order valence-electron chi connectivity index (χ0n) is 22.5. The number of rotatable bonds is 7. The van der Waals surface area contributed by atoms with Gasteiger partial charge in [0, 0.05) is 41.9 Å².